The van der Waals surface area contributed by atoms with Crippen molar-refractivity contribution in [3.8, 4) is 5.75 Å². The maximum atomic E-state index is 12.1. The Morgan fingerprint density at radius 3 is 2.70 bits per heavy atom. The lowest BCUT2D eigenvalue weighted by Crippen LogP contribution is -2.35. The molecule has 0 aliphatic heterocycles. The average Bonchev–Trinajstić information content (AvgIpc) is 2.67. The maximum Gasteiger partial charge on any atom is 0.326 e. The quantitative estimate of drug-likeness (QED) is 0.552. The second kappa shape index (κ2) is 9.54. The molecule has 0 radical (unpaired) electrons. The number of benzene rings is 1. The normalized spacial score (nSPS) is 11.2. The van der Waals surface area contributed by atoms with Gasteiger partial charge in [0.05, 0.1) is 12.8 Å². The van der Waals surface area contributed by atoms with Crippen molar-refractivity contribution in [1.82, 2.24) is 10.3 Å². The van der Waals surface area contributed by atoms with Gasteiger partial charge in [0.15, 0.2) is 11.3 Å². The highest BCUT2D eigenvalue weighted by Gasteiger charge is 2.19. The largest absolute Gasteiger partial charge is 0.497 e. The minimum Gasteiger partial charge on any atom is -0.497 e. The van der Waals surface area contributed by atoms with Crippen LogP contribution in [0.25, 0.3) is 0 Å². The molecule has 1 atom stereocenters. The second-order valence-electron chi connectivity index (χ2n) is 5.38. The van der Waals surface area contributed by atoms with E-state index < -0.39 is 23.9 Å². The molecule has 0 saturated heterocycles. The van der Waals surface area contributed by atoms with Gasteiger partial charge in [-0.15, -0.1) is 0 Å². The van der Waals surface area contributed by atoms with E-state index in [1.807, 2.05) is 0 Å². The summed E-state index contributed by atoms with van der Waals surface area (Å²) in [6.07, 6.45) is 0.398. The van der Waals surface area contributed by atoms with E-state index in [0.717, 1.165) is 0 Å². The number of hydrogen-bond donors (Lipinski definition) is 2. The molecule has 142 valence electrons. The Balaban J connectivity index is 1.83. The summed E-state index contributed by atoms with van der Waals surface area (Å²) >= 11 is 5.85. The number of methoxy groups -OCH3 is 1. The van der Waals surface area contributed by atoms with Crippen molar-refractivity contribution in [3.05, 3.63) is 53.3 Å². The molecular formula is C18H18ClN3O5. The molecule has 9 heteroatoms. The van der Waals surface area contributed by atoms with Crippen LogP contribution in [-0.2, 0) is 14.3 Å². The van der Waals surface area contributed by atoms with E-state index in [1.54, 1.807) is 30.3 Å². The van der Waals surface area contributed by atoms with Crippen molar-refractivity contribution in [3.63, 3.8) is 0 Å². The predicted molar refractivity (Wildman–Crippen MR) is 98.8 cm³/mol. The Bertz CT molecular complexity index is 843. The van der Waals surface area contributed by atoms with Gasteiger partial charge in [-0.1, -0.05) is 17.7 Å². The summed E-state index contributed by atoms with van der Waals surface area (Å²) in [4.78, 5) is 39.8. The van der Waals surface area contributed by atoms with Gasteiger partial charge < -0.3 is 20.1 Å². The Morgan fingerprint density at radius 1 is 1.22 bits per heavy atom. The molecular weight excluding hydrogens is 374 g/mol. The zero-order chi connectivity index (χ0) is 19.8. The van der Waals surface area contributed by atoms with Crippen molar-refractivity contribution in [2.45, 2.75) is 13.0 Å². The van der Waals surface area contributed by atoms with Gasteiger partial charge in [0.1, 0.15) is 12.3 Å². The van der Waals surface area contributed by atoms with Gasteiger partial charge in [-0.25, -0.2) is 4.98 Å². The summed E-state index contributed by atoms with van der Waals surface area (Å²) < 4.78 is 10.0. The standard InChI is InChI=1S/C18H18ClN3O5/c1-11(17(24)22-14-7-4-8-20-16(14)19)27-15(23)10-21-18(25)12-5-3-6-13(9-12)26-2/h3-9,11H,10H2,1-2H3,(H,21,25)(H,22,24). The zero-order valence-electron chi connectivity index (χ0n) is 14.7. The molecule has 1 aromatic carbocycles. The van der Waals surface area contributed by atoms with Crippen molar-refractivity contribution >= 4 is 35.1 Å². The number of ether oxygens (including phenoxy) is 2. The molecule has 2 N–H and O–H groups in total. The first-order valence-electron chi connectivity index (χ1n) is 7.94. The third-order valence-electron chi connectivity index (χ3n) is 3.42. The SMILES string of the molecule is COc1cccc(C(=O)NCC(=O)OC(C)C(=O)Nc2cccnc2Cl)c1. The van der Waals surface area contributed by atoms with Crippen molar-refractivity contribution < 1.29 is 23.9 Å². The number of nitrogens with zero attached hydrogens (tertiary/aromatic N) is 1. The van der Waals surface area contributed by atoms with Crippen LogP contribution in [-0.4, -0.2) is 42.5 Å². The van der Waals surface area contributed by atoms with Gasteiger partial charge in [-0.3, -0.25) is 14.4 Å². The summed E-state index contributed by atoms with van der Waals surface area (Å²) in [5.74, 6) is -1.28. The van der Waals surface area contributed by atoms with Gasteiger partial charge in [0, 0.05) is 11.8 Å². The Morgan fingerprint density at radius 2 is 2.00 bits per heavy atom. The van der Waals surface area contributed by atoms with Gasteiger partial charge in [0.25, 0.3) is 11.8 Å². The third-order valence-corrected chi connectivity index (χ3v) is 3.72. The number of carbonyl (C=O) groups excluding carboxylic acids is 3. The fourth-order valence-electron chi connectivity index (χ4n) is 2.02. The van der Waals surface area contributed by atoms with Crippen LogP contribution in [0.2, 0.25) is 5.15 Å². The van der Waals surface area contributed by atoms with E-state index in [-0.39, 0.29) is 11.7 Å². The predicted octanol–water partition coefficient (Wildman–Crippen LogP) is 2.04. The highest BCUT2D eigenvalue weighted by molar-refractivity contribution is 6.32. The number of carbonyl (C=O) groups is 3. The zero-order valence-corrected chi connectivity index (χ0v) is 15.4. The fourth-order valence-corrected chi connectivity index (χ4v) is 2.19. The van der Waals surface area contributed by atoms with E-state index in [0.29, 0.717) is 17.0 Å². The Hall–Kier alpha value is -3.13. The molecule has 0 aliphatic rings. The molecule has 0 saturated carbocycles. The molecule has 0 bridgehead atoms. The van der Waals surface area contributed by atoms with Crippen LogP contribution < -0.4 is 15.4 Å². The van der Waals surface area contributed by atoms with Crippen LogP contribution in [0.15, 0.2) is 42.6 Å². The topological polar surface area (TPSA) is 107 Å². The number of halogens is 1. The van der Waals surface area contributed by atoms with Crippen LogP contribution in [0, 0.1) is 0 Å². The van der Waals surface area contributed by atoms with Crippen molar-refractivity contribution in [2.24, 2.45) is 0 Å². The molecule has 1 heterocycles. The first-order chi connectivity index (χ1) is 12.9. The van der Waals surface area contributed by atoms with Gasteiger partial charge in [-0.2, -0.15) is 0 Å². The van der Waals surface area contributed by atoms with Gasteiger partial charge in [-0.05, 0) is 37.3 Å². The van der Waals surface area contributed by atoms with E-state index in [2.05, 4.69) is 15.6 Å². The molecule has 27 heavy (non-hydrogen) atoms. The molecule has 1 unspecified atom stereocenters. The molecule has 0 aliphatic carbocycles. The minimum atomic E-state index is -1.08. The maximum absolute atomic E-state index is 12.1. The molecule has 2 amide bonds. The molecule has 2 aromatic rings. The highest BCUT2D eigenvalue weighted by atomic mass is 35.5. The van der Waals surface area contributed by atoms with Crippen molar-refractivity contribution in [1.29, 1.82) is 0 Å². The molecule has 2 rings (SSSR count). The molecule has 8 nitrogen and oxygen atoms in total. The Labute approximate surface area is 160 Å². The summed E-state index contributed by atoms with van der Waals surface area (Å²) in [5.41, 5.74) is 0.637. The number of pyridine rings is 1. The number of anilines is 1. The number of amides is 2. The summed E-state index contributed by atoms with van der Waals surface area (Å²) in [6, 6.07) is 9.63. The van der Waals surface area contributed by atoms with Crippen molar-refractivity contribution in [2.75, 3.05) is 19.0 Å². The van der Waals surface area contributed by atoms with E-state index in [9.17, 15) is 14.4 Å². The Kier molecular flexibility index (Phi) is 7.13. The molecule has 0 fully saturated rings. The highest BCUT2D eigenvalue weighted by Crippen LogP contribution is 2.17. The van der Waals surface area contributed by atoms with Crippen LogP contribution >= 0.6 is 11.6 Å². The number of aromatic nitrogens is 1. The fraction of sp³-hybridized carbons (Fsp3) is 0.222. The smallest absolute Gasteiger partial charge is 0.326 e. The number of hydrogen-bond acceptors (Lipinski definition) is 6. The number of esters is 1. The van der Waals surface area contributed by atoms with Crippen LogP contribution in [0.5, 0.6) is 5.75 Å². The lowest BCUT2D eigenvalue weighted by atomic mass is 10.2. The average molecular weight is 392 g/mol. The van der Waals surface area contributed by atoms with Gasteiger partial charge in [0.2, 0.25) is 0 Å². The van der Waals surface area contributed by atoms with E-state index in [4.69, 9.17) is 21.1 Å². The molecule has 1 aromatic heterocycles. The monoisotopic (exact) mass is 391 g/mol. The number of nitrogens with one attached hydrogen (secondary N) is 2. The van der Waals surface area contributed by atoms with Crippen LogP contribution in [0.3, 0.4) is 0 Å². The summed E-state index contributed by atoms with van der Waals surface area (Å²) in [7, 11) is 1.49. The third kappa shape index (κ3) is 5.96. The van der Waals surface area contributed by atoms with E-state index >= 15 is 0 Å². The van der Waals surface area contributed by atoms with E-state index in [1.165, 1.54) is 26.3 Å². The van der Waals surface area contributed by atoms with Gasteiger partial charge >= 0.3 is 5.97 Å². The minimum absolute atomic E-state index is 0.120. The summed E-state index contributed by atoms with van der Waals surface area (Å²) in [5, 5.41) is 5.05. The van der Waals surface area contributed by atoms with Crippen LogP contribution in [0.1, 0.15) is 17.3 Å². The molecule has 0 spiro atoms. The summed E-state index contributed by atoms with van der Waals surface area (Å²) in [6.45, 7) is 1.02. The first-order valence-corrected chi connectivity index (χ1v) is 8.31. The number of rotatable bonds is 7. The first kappa shape index (κ1) is 20.2. The lowest BCUT2D eigenvalue weighted by molar-refractivity contribution is -0.152. The van der Waals surface area contributed by atoms with Crippen LogP contribution in [0.4, 0.5) is 5.69 Å². The lowest BCUT2D eigenvalue weighted by Gasteiger charge is -2.14. The second-order valence-corrected chi connectivity index (χ2v) is 5.74.